The third-order valence-electron chi connectivity index (χ3n) is 1.42. The molecular weight excluding hydrogens is 279 g/mol. The third-order valence-corrected chi connectivity index (χ3v) is 2.14. The van der Waals surface area contributed by atoms with Gasteiger partial charge in [0.25, 0.3) is 0 Å². The zero-order valence-corrected chi connectivity index (χ0v) is 9.37. The van der Waals surface area contributed by atoms with Crippen molar-refractivity contribution in [3.8, 4) is 0 Å². The first-order chi connectivity index (χ1) is 6.09. The van der Waals surface area contributed by atoms with Gasteiger partial charge in [-0.05, 0) is 34.7 Å². The topological polar surface area (TPSA) is 65.1 Å². The molecule has 0 radical (unpaired) electrons. The highest BCUT2D eigenvalue weighted by molar-refractivity contribution is 14.1. The number of halogens is 1. The van der Waals surface area contributed by atoms with Crippen LogP contribution < -0.4 is 11.3 Å². The second kappa shape index (κ2) is 4.54. The highest BCUT2D eigenvalue weighted by Crippen LogP contribution is 2.06. The first-order valence-electron chi connectivity index (χ1n) is 3.69. The molecule has 1 aromatic carbocycles. The molecule has 4 N–H and O–H groups in total. The Morgan fingerprint density at radius 2 is 2.00 bits per heavy atom. The number of nitrogens with one attached hydrogen (secondary N) is 2. The quantitative estimate of drug-likeness (QED) is 0.249. The van der Waals surface area contributed by atoms with Crippen LogP contribution in [0.2, 0.25) is 0 Å². The molecule has 0 aliphatic rings. The van der Waals surface area contributed by atoms with Gasteiger partial charge in [0.05, 0.1) is 0 Å². The molecule has 0 saturated carbocycles. The highest BCUT2D eigenvalue weighted by atomic mass is 127. The van der Waals surface area contributed by atoms with E-state index in [1.54, 1.807) is 7.05 Å². The molecular formula is C8H11IN4. The first kappa shape index (κ1) is 10.4. The molecule has 13 heavy (non-hydrogen) atoms. The van der Waals surface area contributed by atoms with Crippen LogP contribution in [0.3, 0.4) is 0 Å². The summed E-state index contributed by atoms with van der Waals surface area (Å²) in [7, 11) is 1.64. The van der Waals surface area contributed by atoms with Crippen LogP contribution in [0, 0.1) is 8.98 Å². The molecule has 0 atom stereocenters. The average Bonchev–Trinajstić information content (AvgIpc) is 2.04. The van der Waals surface area contributed by atoms with E-state index in [0.29, 0.717) is 5.84 Å². The predicted molar refractivity (Wildman–Crippen MR) is 61.1 cm³/mol. The van der Waals surface area contributed by atoms with Crippen molar-refractivity contribution in [2.24, 2.45) is 5.84 Å². The Kier molecular flexibility index (Phi) is 3.64. The maximum Gasteiger partial charge on any atom is 0.141 e. The van der Waals surface area contributed by atoms with Crippen molar-refractivity contribution in [3.63, 3.8) is 0 Å². The molecule has 4 nitrogen and oxygen atoms in total. The average molecular weight is 290 g/mol. The van der Waals surface area contributed by atoms with Gasteiger partial charge in [0.1, 0.15) is 5.84 Å². The van der Waals surface area contributed by atoms with E-state index in [4.69, 9.17) is 11.3 Å². The molecule has 0 spiro atoms. The van der Waals surface area contributed by atoms with Gasteiger partial charge in [-0.15, -0.1) is 0 Å². The summed E-state index contributed by atoms with van der Waals surface area (Å²) < 4.78 is 1.15. The summed E-state index contributed by atoms with van der Waals surface area (Å²) in [5.41, 5.74) is 3.49. The molecule has 70 valence electrons. The van der Waals surface area contributed by atoms with Crippen LogP contribution >= 0.6 is 22.6 Å². The largest absolute Gasteiger partial charge is 0.290 e. The standard InChI is InChI=1S/C8H11IN4/c1-13(11)12-8(10)6-2-4-7(9)5-3-6/h2-5H,11H2,1H3,(H2,10,12). The molecule has 0 aliphatic heterocycles. The molecule has 0 unspecified atom stereocenters. The van der Waals surface area contributed by atoms with Gasteiger partial charge in [-0.25, -0.2) is 0 Å². The lowest BCUT2D eigenvalue weighted by Gasteiger charge is -2.13. The summed E-state index contributed by atoms with van der Waals surface area (Å²) in [5.74, 6) is 5.63. The van der Waals surface area contributed by atoms with Crippen molar-refractivity contribution in [1.29, 1.82) is 5.41 Å². The monoisotopic (exact) mass is 290 g/mol. The van der Waals surface area contributed by atoms with Crippen LogP contribution in [-0.2, 0) is 0 Å². The number of hydrogen-bond donors (Lipinski definition) is 3. The smallest absolute Gasteiger partial charge is 0.141 e. The maximum atomic E-state index is 7.60. The van der Waals surface area contributed by atoms with Gasteiger partial charge >= 0.3 is 0 Å². The summed E-state index contributed by atoms with van der Waals surface area (Å²) in [6.45, 7) is 0. The fourth-order valence-corrected chi connectivity index (χ4v) is 1.22. The lowest BCUT2D eigenvalue weighted by atomic mass is 10.2. The zero-order valence-electron chi connectivity index (χ0n) is 7.21. The SMILES string of the molecule is CN(N)NC(=N)c1ccc(I)cc1. The number of amidine groups is 1. The summed E-state index contributed by atoms with van der Waals surface area (Å²) >= 11 is 2.22. The zero-order chi connectivity index (χ0) is 9.84. The van der Waals surface area contributed by atoms with E-state index >= 15 is 0 Å². The second-order valence-electron chi connectivity index (χ2n) is 2.60. The van der Waals surface area contributed by atoms with Crippen LogP contribution in [0.1, 0.15) is 5.56 Å². The Hall–Kier alpha value is -0.660. The van der Waals surface area contributed by atoms with Gasteiger partial charge in [-0.2, -0.15) is 5.12 Å². The van der Waals surface area contributed by atoms with Crippen molar-refractivity contribution in [2.45, 2.75) is 0 Å². The van der Waals surface area contributed by atoms with E-state index in [9.17, 15) is 0 Å². The van der Waals surface area contributed by atoms with Gasteiger partial charge in [-0.1, -0.05) is 12.1 Å². The lowest BCUT2D eigenvalue weighted by molar-refractivity contribution is 0.304. The van der Waals surface area contributed by atoms with Crippen LogP contribution in [0.25, 0.3) is 0 Å². The molecule has 5 heteroatoms. The predicted octanol–water partition coefficient (Wildman–Crippen LogP) is 0.927. The van der Waals surface area contributed by atoms with Crippen LogP contribution in [0.15, 0.2) is 24.3 Å². The molecule has 0 saturated heterocycles. The summed E-state index contributed by atoms with van der Waals surface area (Å²) in [6, 6.07) is 7.65. The molecule has 0 amide bonds. The Morgan fingerprint density at radius 1 is 1.46 bits per heavy atom. The summed E-state index contributed by atoms with van der Waals surface area (Å²) in [5, 5.41) is 8.85. The Bertz CT molecular complexity index is 294. The minimum Gasteiger partial charge on any atom is -0.290 e. The van der Waals surface area contributed by atoms with Crippen molar-refractivity contribution in [3.05, 3.63) is 33.4 Å². The Labute approximate surface area is 90.7 Å². The number of benzene rings is 1. The molecule has 0 fully saturated rings. The molecule has 1 aromatic rings. The first-order valence-corrected chi connectivity index (χ1v) is 4.77. The van der Waals surface area contributed by atoms with Gasteiger partial charge in [0.15, 0.2) is 0 Å². The highest BCUT2D eigenvalue weighted by Gasteiger charge is 2.00. The minimum absolute atomic E-state index is 0.293. The van der Waals surface area contributed by atoms with E-state index in [2.05, 4.69) is 28.0 Å². The molecule has 0 heterocycles. The van der Waals surface area contributed by atoms with Crippen LogP contribution in [0.5, 0.6) is 0 Å². The minimum atomic E-state index is 0.293. The lowest BCUT2D eigenvalue weighted by Crippen LogP contribution is -2.43. The second-order valence-corrected chi connectivity index (χ2v) is 3.85. The van der Waals surface area contributed by atoms with E-state index < -0.39 is 0 Å². The Balaban J connectivity index is 2.72. The van der Waals surface area contributed by atoms with Gasteiger partial charge < -0.3 is 0 Å². The number of hydrogen-bond acceptors (Lipinski definition) is 3. The normalized spacial score (nSPS) is 10.2. The molecule has 0 aromatic heterocycles. The van der Waals surface area contributed by atoms with Gasteiger partial charge in [0.2, 0.25) is 0 Å². The van der Waals surface area contributed by atoms with E-state index in [-0.39, 0.29) is 0 Å². The number of hydrazine groups is 2. The number of nitrogens with two attached hydrogens (primary N) is 1. The van der Waals surface area contributed by atoms with Crippen molar-refractivity contribution in [1.82, 2.24) is 10.5 Å². The van der Waals surface area contributed by atoms with E-state index in [0.717, 1.165) is 9.13 Å². The number of rotatable bonds is 2. The summed E-state index contributed by atoms with van der Waals surface area (Å²) in [6.07, 6.45) is 0. The van der Waals surface area contributed by atoms with Gasteiger partial charge in [-0.3, -0.25) is 16.7 Å². The van der Waals surface area contributed by atoms with Crippen LogP contribution in [-0.4, -0.2) is 18.0 Å². The molecule has 0 aliphatic carbocycles. The van der Waals surface area contributed by atoms with Crippen molar-refractivity contribution in [2.75, 3.05) is 7.05 Å². The molecule has 1 rings (SSSR count). The maximum absolute atomic E-state index is 7.60. The van der Waals surface area contributed by atoms with E-state index in [1.807, 2.05) is 24.3 Å². The summed E-state index contributed by atoms with van der Waals surface area (Å²) in [4.78, 5) is 0. The fraction of sp³-hybridized carbons (Fsp3) is 0.125. The fourth-order valence-electron chi connectivity index (χ4n) is 0.857. The van der Waals surface area contributed by atoms with Crippen molar-refractivity contribution < 1.29 is 0 Å². The third kappa shape index (κ3) is 3.29. The number of nitrogens with zero attached hydrogens (tertiary/aromatic N) is 1. The van der Waals surface area contributed by atoms with E-state index in [1.165, 1.54) is 5.12 Å². The van der Waals surface area contributed by atoms with Crippen LogP contribution in [0.4, 0.5) is 0 Å². The van der Waals surface area contributed by atoms with Gasteiger partial charge in [0, 0.05) is 16.2 Å². The van der Waals surface area contributed by atoms with Crippen molar-refractivity contribution >= 4 is 28.4 Å². The Morgan fingerprint density at radius 3 is 2.46 bits per heavy atom. The molecule has 0 bridgehead atoms.